The summed E-state index contributed by atoms with van der Waals surface area (Å²) in [7, 11) is 1.45. The molecule has 0 aliphatic heterocycles. The van der Waals surface area contributed by atoms with Gasteiger partial charge in [-0.1, -0.05) is 40.2 Å². The first-order valence-electron chi connectivity index (χ1n) is 6.66. The number of hydrogen-bond acceptors (Lipinski definition) is 3. The van der Waals surface area contributed by atoms with Crippen LogP contribution < -0.4 is 10.1 Å². The zero-order valence-electron chi connectivity index (χ0n) is 12.2. The number of amides is 1. The number of rotatable bonds is 5. The number of benzene rings is 2. The largest absolute Gasteiger partial charge is 0.496 e. The summed E-state index contributed by atoms with van der Waals surface area (Å²) in [5, 5.41) is 11.7. The highest BCUT2D eigenvalue weighted by Crippen LogP contribution is 2.18. The fourth-order valence-corrected chi connectivity index (χ4v) is 2.16. The molecule has 118 valence electrons. The van der Waals surface area contributed by atoms with Crippen molar-refractivity contribution >= 4 is 33.9 Å². The molecule has 6 heteroatoms. The topological polar surface area (TPSA) is 75.6 Å². The maximum Gasteiger partial charge on any atom is 0.352 e. The lowest BCUT2D eigenvalue weighted by Gasteiger charge is -2.09. The molecule has 0 heterocycles. The average Bonchev–Trinajstić information content (AvgIpc) is 2.55. The Morgan fingerprint density at radius 1 is 1.13 bits per heavy atom. The Hall–Kier alpha value is -2.60. The summed E-state index contributed by atoms with van der Waals surface area (Å²) in [5.74, 6) is -1.40. The molecular formula is C17H14BrNO4. The second-order valence-electron chi connectivity index (χ2n) is 4.57. The molecule has 0 spiro atoms. The number of carbonyl (C=O) groups excluding carboxylic acids is 1. The molecule has 0 saturated carbocycles. The summed E-state index contributed by atoms with van der Waals surface area (Å²) >= 11 is 3.31. The van der Waals surface area contributed by atoms with Gasteiger partial charge in [-0.2, -0.15) is 0 Å². The van der Waals surface area contributed by atoms with E-state index in [1.165, 1.54) is 13.2 Å². The van der Waals surface area contributed by atoms with Crippen molar-refractivity contribution in [2.24, 2.45) is 0 Å². The lowest BCUT2D eigenvalue weighted by molar-refractivity contribution is -0.132. The van der Waals surface area contributed by atoms with E-state index in [0.717, 1.165) is 4.47 Å². The molecule has 2 aromatic rings. The quantitative estimate of drug-likeness (QED) is 0.786. The molecular weight excluding hydrogens is 362 g/mol. The van der Waals surface area contributed by atoms with Crippen LogP contribution in [0, 0.1) is 0 Å². The molecule has 2 rings (SSSR count). The average molecular weight is 376 g/mol. The number of para-hydroxylation sites is 1. The Labute approximate surface area is 141 Å². The standard InChI is InChI=1S/C17H14BrNO4/c1-23-15-5-3-2-4-13(15)16(20)19-14(17(21)22)10-11-6-8-12(18)9-7-11/h2-10H,1H3,(H,19,20)(H,21,22)/b14-10+. The van der Waals surface area contributed by atoms with Gasteiger partial charge in [0.05, 0.1) is 12.7 Å². The van der Waals surface area contributed by atoms with Crippen LogP contribution in [0.1, 0.15) is 15.9 Å². The highest BCUT2D eigenvalue weighted by atomic mass is 79.9. The predicted octanol–water partition coefficient (Wildman–Crippen LogP) is 3.31. The zero-order valence-corrected chi connectivity index (χ0v) is 13.8. The number of nitrogens with one attached hydrogen (secondary N) is 1. The summed E-state index contributed by atoms with van der Waals surface area (Å²) in [6, 6.07) is 13.6. The van der Waals surface area contributed by atoms with E-state index in [-0.39, 0.29) is 11.3 Å². The van der Waals surface area contributed by atoms with Crippen molar-refractivity contribution in [2.45, 2.75) is 0 Å². The van der Waals surface area contributed by atoms with Crippen LogP contribution in [0.25, 0.3) is 6.08 Å². The van der Waals surface area contributed by atoms with Gasteiger partial charge in [-0.3, -0.25) is 4.79 Å². The Bertz CT molecular complexity index is 753. The third-order valence-corrected chi connectivity index (χ3v) is 3.54. The van der Waals surface area contributed by atoms with E-state index in [4.69, 9.17) is 4.74 Å². The molecule has 5 nitrogen and oxygen atoms in total. The van der Waals surface area contributed by atoms with Crippen LogP contribution in [0.4, 0.5) is 0 Å². The van der Waals surface area contributed by atoms with Crippen molar-refractivity contribution in [3.05, 3.63) is 69.8 Å². The summed E-state index contributed by atoms with van der Waals surface area (Å²) < 4.78 is 5.99. The Morgan fingerprint density at radius 2 is 1.78 bits per heavy atom. The summed E-state index contributed by atoms with van der Waals surface area (Å²) in [4.78, 5) is 23.6. The molecule has 23 heavy (non-hydrogen) atoms. The lowest BCUT2D eigenvalue weighted by Crippen LogP contribution is -2.27. The number of carboxylic acids is 1. The predicted molar refractivity (Wildman–Crippen MR) is 90.2 cm³/mol. The smallest absolute Gasteiger partial charge is 0.352 e. The van der Waals surface area contributed by atoms with Gasteiger partial charge in [0.2, 0.25) is 0 Å². The van der Waals surface area contributed by atoms with Gasteiger partial charge in [-0.05, 0) is 35.9 Å². The monoisotopic (exact) mass is 375 g/mol. The fourth-order valence-electron chi connectivity index (χ4n) is 1.90. The number of aliphatic carboxylic acids is 1. The number of methoxy groups -OCH3 is 1. The van der Waals surface area contributed by atoms with Crippen molar-refractivity contribution in [2.75, 3.05) is 7.11 Å². The Morgan fingerprint density at radius 3 is 2.39 bits per heavy atom. The van der Waals surface area contributed by atoms with E-state index < -0.39 is 11.9 Å². The van der Waals surface area contributed by atoms with Crippen molar-refractivity contribution in [3.63, 3.8) is 0 Å². The van der Waals surface area contributed by atoms with Gasteiger partial charge in [0, 0.05) is 4.47 Å². The molecule has 0 atom stereocenters. The third-order valence-electron chi connectivity index (χ3n) is 3.01. The number of carbonyl (C=O) groups is 2. The van der Waals surface area contributed by atoms with E-state index in [1.54, 1.807) is 48.5 Å². The Kier molecular flexibility index (Phi) is 5.54. The van der Waals surface area contributed by atoms with Crippen LogP contribution in [-0.4, -0.2) is 24.1 Å². The molecule has 2 N–H and O–H groups in total. The highest BCUT2D eigenvalue weighted by molar-refractivity contribution is 9.10. The molecule has 0 bridgehead atoms. The third kappa shape index (κ3) is 4.43. The molecule has 0 aliphatic rings. The number of carboxylic acid groups (broad SMARTS) is 1. The van der Waals surface area contributed by atoms with Crippen LogP contribution in [-0.2, 0) is 4.79 Å². The molecule has 0 aliphatic carbocycles. The minimum absolute atomic E-state index is 0.219. The molecule has 0 radical (unpaired) electrons. The lowest BCUT2D eigenvalue weighted by atomic mass is 10.1. The molecule has 2 aromatic carbocycles. The van der Waals surface area contributed by atoms with Gasteiger partial charge in [0.15, 0.2) is 0 Å². The van der Waals surface area contributed by atoms with Crippen LogP contribution in [0.5, 0.6) is 5.75 Å². The van der Waals surface area contributed by atoms with Crippen LogP contribution in [0.3, 0.4) is 0 Å². The van der Waals surface area contributed by atoms with E-state index in [1.807, 2.05) is 0 Å². The minimum Gasteiger partial charge on any atom is -0.496 e. The fraction of sp³-hybridized carbons (Fsp3) is 0.0588. The van der Waals surface area contributed by atoms with Gasteiger partial charge in [0.25, 0.3) is 5.91 Å². The second kappa shape index (κ2) is 7.60. The molecule has 0 unspecified atom stereocenters. The van der Waals surface area contributed by atoms with Crippen LogP contribution >= 0.6 is 15.9 Å². The number of halogens is 1. The minimum atomic E-state index is -1.23. The summed E-state index contributed by atoms with van der Waals surface area (Å²) in [6.45, 7) is 0. The summed E-state index contributed by atoms with van der Waals surface area (Å²) in [5.41, 5.74) is 0.701. The van der Waals surface area contributed by atoms with Crippen LogP contribution in [0.15, 0.2) is 58.7 Å². The normalized spacial score (nSPS) is 11.0. The maximum absolute atomic E-state index is 12.3. The first-order valence-corrected chi connectivity index (χ1v) is 7.45. The van der Waals surface area contributed by atoms with Gasteiger partial charge in [0.1, 0.15) is 11.4 Å². The first kappa shape index (κ1) is 16.8. The van der Waals surface area contributed by atoms with Gasteiger partial charge < -0.3 is 15.2 Å². The molecule has 0 saturated heterocycles. The van der Waals surface area contributed by atoms with Crippen molar-refractivity contribution in [1.29, 1.82) is 0 Å². The van der Waals surface area contributed by atoms with E-state index in [2.05, 4.69) is 21.2 Å². The van der Waals surface area contributed by atoms with E-state index in [0.29, 0.717) is 11.3 Å². The van der Waals surface area contributed by atoms with Crippen molar-refractivity contribution in [1.82, 2.24) is 5.32 Å². The Balaban J connectivity index is 2.27. The molecule has 1 amide bonds. The van der Waals surface area contributed by atoms with Gasteiger partial charge >= 0.3 is 5.97 Å². The second-order valence-corrected chi connectivity index (χ2v) is 5.48. The number of ether oxygens (including phenoxy) is 1. The first-order chi connectivity index (χ1) is 11.0. The number of hydrogen-bond donors (Lipinski definition) is 2. The van der Waals surface area contributed by atoms with Crippen LogP contribution in [0.2, 0.25) is 0 Å². The molecule has 0 aromatic heterocycles. The van der Waals surface area contributed by atoms with E-state index in [9.17, 15) is 14.7 Å². The summed E-state index contributed by atoms with van der Waals surface area (Å²) in [6.07, 6.45) is 1.39. The zero-order chi connectivity index (χ0) is 16.8. The van der Waals surface area contributed by atoms with Crippen molar-refractivity contribution in [3.8, 4) is 5.75 Å². The van der Waals surface area contributed by atoms with Crippen molar-refractivity contribution < 1.29 is 19.4 Å². The maximum atomic E-state index is 12.3. The van der Waals surface area contributed by atoms with Gasteiger partial charge in [-0.15, -0.1) is 0 Å². The molecule has 0 fully saturated rings. The van der Waals surface area contributed by atoms with E-state index >= 15 is 0 Å². The van der Waals surface area contributed by atoms with Gasteiger partial charge in [-0.25, -0.2) is 4.79 Å². The SMILES string of the molecule is COc1ccccc1C(=O)N/C(=C/c1ccc(Br)cc1)C(=O)O. The highest BCUT2D eigenvalue weighted by Gasteiger charge is 2.16.